The zero-order chi connectivity index (χ0) is 15.3. The van der Waals surface area contributed by atoms with Crippen molar-refractivity contribution in [1.29, 1.82) is 0 Å². The Kier molecular flexibility index (Phi) is 5.34. The van der Waals surface area contributed by atoms with Gasteiger partial charge >= 0.3 is 6.03 Å². The van der Waals surface area contributed by atoms with Gasteiger partial charge in [-0.25, -0.2) is 17.9 Å². The summed E-state index contributed by atoms with van der Waals surface area (Å²) in [4.78, 5) is 12.8. The number of hydrogen-bond donors (Lipinski definition) is 3. The van der Waals surface area contributed by atoms with Gasteiger partial charge in [-0.2, -0.15) is 0 Å². The topological polar surface area (TPSA) is 105 Å². The summed E-state index contributed by atoms with van der Waals surface area (Å²) in [7, 11) is -0.373. The number of nitrogens with two attached hydrogens (primary N) is 1. The molecule has 112 valence electrons. The van der Waals surface area contributed by atoms with E-state index in [0.717, 1.165) is 0 Å². The molecule has 0 aliphatic rings. The molecule has 0 aliphatic heterocycles. The van der Waals surface area contributed by atoms with Gasteiger partial charge in [0.05, 0.1) is 4.90 Å². The van der Waals surface area contributed by atoms with E-state index >= 15 is 0 Å². The van der Waals surface area contributed by atoms with Crippen LogP contribution in [-0.4, -0.2) is 46.5 Å². The van der Waals surface area contributed by atoms with E-state index in [1.807, 2.05) is 0 Å². The molecule has 0 aliphatic carbocycles. The molecular weight excluding hydrogens is 280 g/mol. The maximum atomic E-state index is 12.0. The Morgan fingerprint density at radius 1 is 1.30 bits per heavy atom. The highest BCUT2D eigenvalue weighted by Gasteiger charge is 2.14. The number of carbonyl (C=O) groups is 1. The SMILES string of the molecule is Cc1cc(S(=O)(=O)NCCNC(=O)N(C)C)ccc1N. The molecule has 0 unspecified atom stereocenters. The Bertz CT molecular complexity index is 584. The summed E-state index contributed by atoms with van der Waals surface area (Å²) in [6.45, 7) is 2.07. The van der Waals surface area contributed by atoms with Crippen molar-refractivity contribution in [3.8, 4) is 0 Å². The van der Waals surface area contributed by atoms with Gasteiger partial charge in [-0.3, -0.25) is 0 Å². The molecule has 0 fully saturated rings. The number of sulfonamides is 1. The number of nitrogens with one attached hydrogen (secondary N) is 2. The fraction of sp³-hybridized carbons (Fsp3) is 0.417. The molecule has 0 saturated carbocycles. The van der Waals surface area contributed by atoms with Crippen molar-refractivity contribution in [2.24, 2.45) is 0 Å². The van der Waals surface area contributed by atoms with Crippen LogP contribution >= 0.6 is 0 Å². The van der Waals surface area contributed by atoms with Gasteiger partial charge < -0.3 is 16.0 Å². The zero-order valence-electron chi connectivity index (χ0n) is 11.8. The summed E-state index contributed by atoms with van der Waals surface area (Å²) in [5.41, 5.74) is 6.89. The van der Waals surface area contributed by atoms with Gasteiger partial charge in [0.25, 0.3) is 0 Å². The number of rotatable bonds is 5. The molecular formula is C12H20N4O3S. The van der Waals surface area contributed by atoms with Crippen molar-refractivity contribution >= 4 is 21.7 Å². The van der Waals surface area contributed by atoms with Crippen LogP contribution in [0.1, 0.15) is 5.56 Å². The van der Waals surface area contributed by atoms with E-state index in [9.17, 15) is 13.2 Å². The van der Waals surface area contributed by atoms with E-state index in [-0.39, 0.29) is 24.0 Å². The highest BCUT2D eigenvalue weighted by Crippen LogP contribution is 2.16. The number of nitrogen functional groups attached to an aromatic ring is 1. The predicted molar refractivity (Wildman–Crippen MR) is 77.9 cm³/mol. The molecule has 2 amide bonds. The maximum Gasteiger partial charge on any atom is 0.316 e. The number of carbonyl (C=O) groups excluding carboxylic acids is 1. The second-order valence-corrected chi connectivity index (χ2v) is 6.31. The third-order valence-electron chi connectivity index (χ3n) is 2.65. The number of benzene rings is 1. The molecule has 7 nitrogen and oxygen atoms in total. The minimum Gasteiger partial charge on any atom is -0.399 e. The minimum absolute atomic E-state index is 0.116. The van der Waals surface area contributed by atoms with Gasteiger partial charge in [0.1, 0.15) is 0 Å². The van der Waals surface area contributed by atoms with Crippen LogP contribution in [0.5, 0.6) is 0 Å². The van der Waals surface area contributed by atoms with E-state index in [2.05, 4.69) is 10.0 Å². The third-order valence-corrected chi connectivity index (χ3v) is 4.11. The van der Waals surface area contributed by atoms with Crippen molar-refractivity contribution in [3.63, 3.8) is 0 Å². The summed E-state index contributed by atoms with van der Waals surface area (Å²) >= 11 is 0. The molecule has 1 aromatic carbocycles. The second-order valence-electron chi connectivity index (χ2n) is 4.54. The summed E-state index contributed by atoms with van der Waals surface area (Å²) in [5.74, 6) is 0. The Hall–Kier alpha value is -1.80. The van der Waals surface area contributed by atoms with E-state index in [0.29, 0.717) is 11.3 Å². The lowest BCUT2D eigenvalue weighted by Crippen LogP contribution is -2.39. The maximum absolute atomic E-state index is 12.0. The van der Waals surface area contributed by atoms with Crippen LogP contribution in [0.25, 0.3) is 0 Å². The average Bonchev–Trinajstić information content (AvgIpc) is 2.37. The van der Waals surface area contributed by atoms with Crippen LogP contribution in [0.2, 0.25) is 0 Å². The number of hydrogen-bond acceptors (Lipinski definition) is 4. The van der Waals surface area contributed by atoms with E-state index in [1.54, 1.807) is 27.1 Å². The van der Waals surface area contributed by atoms with Crippen molar-refractivity contribution in [2.45, 2.75) is 11.8 Å². The number of amides is 2. The normalized spacial score (nSPS) is 11.2. The third kappa shape index (κ3) is 4.39. The molecule has 0 atom stereocenters. The van der Waals surface area contributed by atoms with Crippen LogP contribution in [0.3, 0.4) is 0 Å². The molecule has 1 rings (SSSR count). The Labute approximate surface area is 119 Å². The number of anilines is 1. The fourth-order valence-corrected chi connectivity index (χ4v) is 2.53. The smallest absolute Gasteiger partial charge is 0.316 e. The van der Waals surface area contributed by atoms with Gasteiger partial charge in [0.15, 0.2) is 0 Å². The lowest BCUT2D eigenvalue weighted by atomic mass is 10.2. The van der Waals surface area contributed by atoms with Crippen LogP contribution < -0.4 is 15.8 Å². The van der Waals surface area contributed by atoms with Crippen LogP contribution in [-0.2, 0) is 10.0 Å². The zero-order valence-corrected chi connectivity index (χ0v) is 12.6. The molecule has 8 heteroatoms. The highest BCUT2D eigenvalue weighted by atomic mass is 32.2. The summed E-state index contributed by atoms with van der Waals surface area (Å²) in [6.07, 6.45) is 0. The molecule has 20 heavy (non-hydrogen) atoms. The molecule has 0 aromatic heterocycles. The number of urea groups is 1. The van der Waals surface area contributed by atoms with Gasteiger partial charge in [0.2, 0.25) is 10.0 Å². The first-order valence-electron chi connectivity index (χ1n) is 6.05. The quantitative estimate of drug-likeness (QED) is 0.531. The Morgan fingerprint density at radius 2 is 1.95 bits per heavy atom. The predicted octanol–water partition coefficient (Wildman–Crippen LogP) is 0.127. The lowest BCUT2D eigenvalue weighted by molar-refractivity contribution is 0.217. The summed E-state index contributed by atoms with van der Waals surface area (Å²) in [6, 6.07) is 4.24. The largest absolute Gasteiger partial charge is 0.399 e. The van der Waals surface area contributed by atoms with Crippen LogP contribution in [0, 0.1) is 6.92 Å². The van der Waals surface area contributed by atoms with Crippen LogP contribution in [0.15, 0.2) is 23.1 Å². The lowest BCUT2D eigenvalue weighted by Gasteiger charge is -2.12. The van der Waals surface area contributed by atoms with Gasteiger partial charge in [-0.05, 0) is 30.7 Å². The van der Waals surface area contributed by atoms with Crippen molar-refractivity contribution in [2.75, 3.05) is 32.9 Å². The molecule has 4 N–H and O–H groups in total. The molecule has 0 saturated heterocycles. The average molecular weight is 300 g/mol. The Morgan fingerprint density at radius 3 is 2.50 bits per heavy atom. The number of nitrogens with zero attached hydrogens (tertiary/aromatic N) is 1. The van der Waals surface area contributed by atoms with Crippen LogP contribution in [0.4, 0.5) is 10.5 Å². The van der Waals surface area contributed by atoms with E-state index in [4.69, 9.17) is 5.73 Å². The van der Waals surface area contributed by atoms with E-state index in [1.165, 1.54) is 17.0 Å². The highest BCUT2D eigenvalue weighted by molar-refractivity contribution is 7.89. The van der Waals surface area contributed by atoms with Crippen molar-refractivity contribution < 1.29 is 13.2 Å². The first kappa shape index (κ1) is 16.3. The first-order valence-corrected chi connectivity index (χ1v) is 7.53. The molecule has 0 radical (unpaired) electrons. The first-order chi connectivity index (χ1) is 9.24. The molecule has 0 bridgehead atoms. The Balaban J connectivity index is 2.58. The summed E-state index contributed by atoms with van der Waals surface area (Å²) < 4.78 is 26.4. The van der Waals surface area contributed by atoms with E-state index < -0.39 is 10.0 Å². The standard InChI is InChI=1S/C12H20N4O3S/c1-9-8-10(4-5-11(9)13)20(18,19)15-7-6-14-12(17)16(2)3/h4-5,8,15H,6-7,13H2,1-3H3,(H,14,17). The fourth-order valence-electron chi connectivity index (χ4n) is 1.41. The van der Waals surface area contributed by atoms with Crippen molar-refractivity contribution in [3.05, 3.63) is 23.8 Å². The minimum atomic E-state index is -3.59. The molecule has 1 aromatic rings. The van der Waals surface area contributed by atoms with Gasteiger partial charge in [0, 0.05) is 32.9 Å². The van der Waals surface area contributed by atoms with Crippen molar-refractivity contribution in [1.82, 2.24) is 14.9 Å². The monoisotopic (exact) mass is 300 g/mol. The number of aryl methyl sites for hydroxylation is 1. The van der Waals surface area contributed by atoms with Gasteiger partial charge in [-0.1, -0.05) is 0 Å². The summed E-state index contributed by atoms with van der Waals surface area (Å²) in [5, 5.41) is 2.57. The van der Waals surface area contributed by atoms with Gasteiger partial charge in [-0.15, -0.1) is 0 Å². The molecule has 0 spiro atoms. The molecule has 0 heterocycles. The second kappa shape index (κ2) is 6.58.